The van der Waals surface area contributed by atoms with Crippen LogP contribution in [0.3, 0.4) is 0 Å². The van der Waals surface area contributed by atoms with Crippen LogP contribution in [0.2, 0.25) is 0 Å². The Labute approximate surface area is 131 Å². The second-order valence-corrected chi connectivity index (χ2v) is 6.15. The summed E-state index contributed by atoms with van der Waals surface area (Å²) < 4.78 is 4.09. The average Bonchev–Trinajstić information content (AvgIpc) is 2.86. The number of hydrogen-bond acceptors (Lipinski definition) is 1. The molecule has 2 heteroatoms. The van der Waals surface area contributed by atoms with Gasteiger partial charge in [-0.25, -0.2) is 0 Å². The molecule has 90 valence electrons. The van der Waals surface area contributed by atoms with Gasteiger partial charge in [0.2, 0.25) is 0 Å². The van der Waals surface area contributed by atoms with Gasteiger partial charge in [0.15, 0.2) is 0 Å². The Morgan fingerprint density at radius 3 is 2.25 bits per heavy atom. The van der Waals surface area contributed by atoms with Gasteiger partial charge in [-0.15, -0.1) is 0 Å². The van der Waals surface area contributed by atoms with E-state index in [-0.39, 0.29) is 0 Å². The molecule has 0 N–H and O–H groups in total. The minimum atomic E-state index is 1.33. The average molecular weight is 266 g/mol. The molecule has 0 radical (unpaired) electrons. The van der Waals surface area contributed by atoms with Crippen LogP contribution in [0.4, 0.5) is 0 Å². The van der Waals surface area contributed by atoms with E-state index in [0.717, 1.165) is 0 Å². The summed E-state index contributed by atoms with van der Waals surface area (Å²) in [5, 5.41) is 2.73. The summed E-state index contributed by atoms with van der Waals surface area (Å²) in [6.45, 7) is 0. The molecule has 3 aromatic carbocycles. The van der Waals surface area contributed by atoms with Crippen LogP contribution in [0.25, 0.3) is 31.3 Å². The Bertz CT molecular complexity index is 921. The van der Waals surface area contributed by atoms with Gasteiger partial charge in [-0.1, -0.05) is 0 Å². The zero-order valence-corrected chi connectivity index (χ0v) is 12.1. The van der Waals surface area contributed by atoms with Gasteiger partial charge in [-0.05, 0) is 0 Å². The van der Waals surface area contributed by atoms with Crippen molar-refractivity contribution in [1.29, 1.82) is 0 Å². The van der Waals surface area contributed by atoms with Crippen molar-refractivity contribution in [3.05, 3.63) is 66.7 Å². The third-order valence-corrected chi connectivity index (χ3v) is 5.06. The fourth-order valence-corrected chi connectivity index (χ4v) is 4.06. The van der Waals surface area contributed by atoms with E-state index in [0.29, 0.717) is 0 Å². The van der Waals surface area contributed by atoms with Crippen LogP contribution < -0.4 is 4.24 Å². The zero-order chi connectivity index (χ0) is 13.5. The number of fused-ring (bicyclic) bond motifs is 3. The van der Waals surface area contributed by atoms with E-state index in [1.165, 1.54) is 35.5 Å². The molecular weight excluding hydrogens is 255 g/mol. The Kier molecular flexibility index (Phi) is 2.93. The predicted molar refractivity (Wildman–Crippen MR) is 90.2 cm³/mol. The van der Waals surface area contributed by atoms with Crippen molar-refractivity contribution < 1.29 is 0 Å². The van der Waals surface area contributed by atoms with Crippen LogP contribution in [0.15, 0.2) is 66.7 Å². The van der Waals surface area contributed by atoms with Crippen LogP contribution in [0.1, 0.15) is 0 Å². The van der Waals surface area contributed by atoms with Gasteiger partial charge in [0.1, 0.15) is 0 Å². The molecule has 0 aliphatic carbocycles. The molecule has 0 saturated heterocycles. The van der Waals surface area contributed by atoms with E-state index < -0.39 is 0 Å². The maximum absolute atomic E-state index is 2.24. The van der Waals surface area contributed by atoms with Crippen molar-refractivity contribution in [2.45, 2.75) is 0 Å². The van der Waals surface area contributed by atoms with Crippen molar-refractivity contribution >= 4 is 53.5 Å². The Morgan fingerprint density at radius 1 is 0.650 bits per heavy atom. The second-order valence-electron chi connectivity index (χ2n) is 5.10. The van der Waals surface area contributed by atoms with Crippen molar-refractivity contribution in [1.82, 2.24) is 0 Å². The van der Waals surface area contributed by atoms with Crippen molar-refractivity contribution in [2.75, 3.05) is 0 Å². The zero-order valence-electron chi connectivity index (χ0n) is 11.3. The molecule has 0 amide bonds. The third-order valence-electron chi connectivity index (χ3n) is 3.84. The van der Waals surface area contributed by atoms with Gasteiger partial charge in [0.25, 0.3) is 0 Å². The molecule has 0 aliphatic heterocycles. The summed E-state index contributed by atoms with van der Waals surface area (Å²) in [4.78, 5) is 0. The molecule has 4 rings (SSSR count). The normalized spacial score (nSPS) is 11.3. The van der Waals surface area contributed by atoms with Gasteiger partial charge >= 0.3 is 131 Å². The molecule has 0 atom stereocenters. The fourth-order valence-electron chi connectivity index (χ4n) is 2.83. The van der Waals surface area contributed by atoms with Gasteiger partial charge in [0, 0.05) is 0 Å². The molecule has 0 bridgehead atoms. The minimum absolute atomic E-state index is 1.33. The molecule has 0 unspecified atom stereocenters. The third kappa shape index (κ3) is 1.83. The van der Waals surface area contributed by atoms with E-state index in [4.69, 9.17) is 0 Å². The van der Waals surface area contributed by atoms with Crippen molar-refractivity contribution in [3.63, 3.8) is 0 Å². The summed E-state index contributed by atoms with van der Waals surface area (Å²) in [7, 11) is 0. The van der Waals surface area contributed by atoms with Gasteiger partial charge < -0.3 is 0 Å². The summed E-state index contributed by atoms with van der Waals surface area (Å²) >= 11 is 4.07. The second kappa shape index (κ2) is 4.79. The van der Waals surface area contributed by atoms with Crippen LogP contribution in [0.5, 0.6) is 0 Å². The monoisotopic (exact) mass is 266 g/mol. The van der Waals surface area contributed by atoms with E-state index >= 15 is 0 Å². The first-order chi connectivity index (χ1) is 9.84. The summed E-state index contributed by atoms with van der Waals surface area (Å²) in [6, 6.07) is 23.9. The number of benzene rings is 3. The van der Waals surface area contributed by atoms with Crippen LogP contribution >= 0.6 is 11.3 Å². The Hall–Kier alpha value is -1.52. The molecule has 1 aromatic heterocycles. The quantitative estimate of drug-likeness (QED) is 0.444. The topological polar surface area (TPSA) is 0 Å². The van der Waals surface area contributed by atoms with Crippen molar-refractivity contribution in [2.24, 2.45) is 0 Å². The Morgan fingerprint density at radius 2 is 1.35 bits per heavy atom. The van der Waals surface area contributed by atoms with Crippen LogP contribution in [-0.2, 0) is 0 Å². The van der Waals surface area contributed by atoms with E-state index in [1.807, 2.05) is 11.3 Å². The number of rotatable bonds is 1. The van der Waals surface area contributed by atoms with Crippen LogP contribution in [-0.4, -0.2) is 17.7 Å². The molecule has 1 heterocycles. The first-order valence-electron chi connectivity index (χ1n) is 6.81. The van der Waals surface area contributed by atoms with Gasteiger partial charge in [-0.2, -0.15) is 0 Å². The molecule has 4 aromatic rings. The first kappa shape index (κ1) is 12.2. The Balaban J connectivity index is 2.13. The summed E-state index contributed by atoms with van der Waals surface area (Å²) in [5.41, 5.74) is 2.69. The summed E-state index contributed by atoms with van der Waals surface area (Å²) in [6.07, 6.45) is 0. The van der Waals surface area contributed by atoms with E-state index in [2.05, 4.69) is 84.4 Å². The molecule has 0 spiro atoms. The molecule has 20 heavy (non-hydrogen) atoms. The van der Waals surface area contributed by atoms with Crippen LogP contribution in [0, 0.1) is 0 Å². The fraction of sp³-hybridized carbons (Fsp3) is 0. The SMILES string of the molecule is [Li][c]1ccccc1-c1cccc2c1sc1ccccc12. The molecule has 0 nitrogen and oxygen atoms in total. The first-order valence-corrected chi connectivity index (χ1v) is 7.62. The van der Waals surface area contributed by atoms with Crippen molar-refractivity contribution in [3.8, 4) is 11.1 Å². The molecule has 0 fully saturated rings. The molecule has 0 saturated carbocycles. The number of hydrogen-bond donors (Lipinski definition) is 0. The van der Waals surface area contributed by atoms with E-state index in [9.17, 15) is 0 Å². The van der Waals surface area contributed by atoms with E-state index in [1.54, 1.807) is 0 Å². The maximum atomic E-state index is 2.24. The van der Waals surface area contributed by atoms with Gasteiger partial charge in [-0.3, -0.25) is 0 Å². The molecule has 0 aliphatic rings. The predicted octanol–water partition coefficient (Wildman–Crippen LogP) is 4.52. The number of thiophene rings is 1. The standard InChI is InChI=1S/C18H11S.Li/c1-2-7-13(8-3-1)14-10-6-11-16-15-9-4-5-12-17(15)19-18(14)16;/h1-7,9-12H;. The summed E-state index contributed by atoms with van der Waals surface area (Å²) in [5.74, 6) is 0. The van der Waals surface area contributed by atoms with Gasteiger partial charge in [0.05, 0.1) is 0 Å². The molecular formula is C18H11LiS.